The van der Waals surface area contributed by atoms with Crippen LogP contribution in [0.2, 0.25) is 0 Å². The van der Waals surface area contributed by atoms with E-state index in [4.69, 9.17) is 5.84 Å². The molecule has 132 valence electrons. The maximum absolute atomic E-state index is 12.9. The molecule has 2 heterocycles. The summed E-state index contributed by atoms with van der Waals surface area (Å²) in [5.74, 6) is 7.75. The highest BCUT2D eigenvalue weighted by Crippen LogP contribution is 2.40. The van der Waals surface area contributed by atoms with Gasteiger partial charge in [0, 0.05) is 22.6 Å². The minimum Gasteiger partial charge on any atom is -0.336 e. The van der Waals surface area contributed by atoms with E-state index in [2.05, 4.69) is 23.2 Å². The number of hydrogen-bond acceptors (Lipinski definition) is 6. The molecule has 2 aliphatic rings. The van der Waals surface area contributed by atoms with Crippen molar-refractivity contribution in [2.45, 2.75) is 47.4 Å². The van der Waals surface area contributed by atoms with Gasteiger partial charge in [0.05, 0.1) is 11.4 Å². The predicted molar refractivity (Wildman–Crippen MR) is 102 cm³/mol. The van der Waals surface area contributed by atoms with Gasteiger partial charge in [-0.3, -0.25) is 4.79 Å². The molecule has 2 aromatic rings. The molecule has 4 rings (SSSR count). The van der Waals surface area contributed by atoms with E-state index in [1.807, 2.05) is 34.9 Å². The van der Waals surface area contributed by atoms with Gasteiger partial charge in [-0.2, -0.15) is 0 Å². The summed E-state index contributed by atoms with van der Waals surface area (Å²) in [5.41, 5.74) is 1.01. The van der Waals surface area contributed by atoms with Crippen molar-refractivity contribution < 1.29 is 4.79 Å². The number of benzene rings is 1. The lowest BCUT2D eigenvalue weighted by atomic mass is 10.2. The number of fused-ring (bicyclic) bond motifs is 1. The molecule has 0 saturated heterocycles. The molecule has 1 aliphatic heterocycles. The number of nitrogens with two attached hydrogens (primary N) is 1. The van der Waals surface area contributed by atoms with Crippen molar-refractivity contribution in [1.82, 2.24) is 14.9 Å². The molecule has 6 nitrogen and oxygen atoms in total. The Labute approximate surface area is 155 Å². The van der Waals surface area contributed by atoms with E-state index in [9.17, 15) is 4.79 Å². The zero-order valence-corrected chi connectivity index (χ0v) is 15.7. The molecule has 0 unspecified atom stereocenters. The fourth-order valence-corrected chi connectivity index (χ4v) is 4.81. The number of anilines is 1. The van der Waals surface area contributed by atoms with Gasteiger partial charge in [-0.15, -0.1) is 22.0 Å². The lowest BCUT2D eigenvalue weighted by molar-refractivity contribution is -0.116. The summed E-state index contributed by atoms with van der Waals surface area (Å²) < 4.78 is 1.55. The first kappa shape index (κ1) is 16.8. The normalized spacial score (nSPS) is 20.2. The summed E-state index contributed by atoms with van der Waals surface area (Å²) in [7, 11) is 0. The second-order valence-electron chi connectivity index (χ2n) is 6.50. The summed E-state index contributed by atoms with van der Waals surface area (Å²) >= 11 is 3.20. The van der Waals surface area contributed by atoms with Crippen LogP contribution in [0.1, 0.15) is 37.9 Å². The molecule has 0 bridgehead atoms. The Bertz CT molecular complexity index is 789. The first-order valence-corrected chi connectivity index (χ1v) is 10.4. The molecule has 25 heavy (non-hydrogen) atoms. The molecule has 0 spiro atoms. The topological polar surface area (TPSA) is 77.0 Å². The number of thioether (sulfide) groups is 2. The summed E-state index contributed by atoms with van der Waals surface area (Å²) in [6, 6.07) is 8.13. The Morgan fingerprint density at radius 2 is 2.12 bits per heavy atom. The van der Waals surface area contributed by atoms with Crippen LogP contribution in [0.4, 0.5) is 5.69 Å². The minimum atomic E-state index is 0.0862. The third kappa shape index (κ3) is 3.50. The van der Waals surface area contributed by atoms with Gasteiger partial charge >= 0.3 is 0 Å². The van der Waals surface area contributed by atoms with E-state index in [0.29, 0.717) is 22.1 Å². The summed E-state index contributed by atoms with van der Waals surface area (Å²) in [4.78, 5) is 15.9. The second-order valence-corrected chi connectivity index (χ2v) is 8.93. The number of rotatable bonds is 4. The highest BCUT2D eigenvalue weighted by Gasteiger charge is 2.30. The van der Waals surface area contributed by atoms with E-state index in [1.54, 1.807) is 4.68 Å². The van der Waals surface area contributed by atoms with Crippen LogP contribution in [0.15, 0.2) is 34.3 Å². The van der Waals surface area contributed by atoms with Crippen molar-refractivity contribution in [3.63, 3.8) is 0 Å². The second kappa shape index (κ2) is 6.92. The SMILES string of the molecule is C[C@H]1CCN(C(=O)CSc2nnc(C3CC3)n2N)c2ccccc2S1. The van der Waals surface area contributed by atoms with Gasteiger partial charge < -0.3 is 10.7 Å². The van der Waals surface area contributed by atoms with Crippen molar-refractivity contribution >= 4 is 35.1 Å². The van der Waals surface area contributed by atoms with Crippen LogP contribution in [0.5, 0.6) is 0 Å². The first-order valence-electron chi connectivity index (χ1n) is 8.52. The minimum absolute atomic E-state index is 0.0862. The van der Waals surface area contributed by atoms with Crippen LogP contribution in [0.3, 0.4) is 0 Å². The average molecular weight is 376 g/mol. The third-order valence-corrected chi connectivity index (χ3v) is 6.67. The quantitative estimate of drug-likeness (QED) is 0.654. The van der Waals surface area contributed by atoms with Crippen LogP contribution in [0, 0.1) is 0 Å². The fraction of sp³-hybridized carbons (Fsp3) is 0.471. The highest BCUT2D eigenvalue weighted by molar-refractivity contribution is 8.00. The van der Waals surface area contributed by atoms with Crippen molar-refractivity contribution in [3.05, 3.63) is 30.1 Å². The number of para-hydroxylation sites is 1. The number of carbonyl (C=O) groups excluding carboxylic acids is 1. The lowest BCUT2D eigenvalue weighted by Gasteiger charge is -2.22. The van der Waals surface area contributed by atoms with Crippen LogP contribution in [0.25, 0.3) is 0 Å². The number of nitrogen functional groups attached to an aromatic ring is 1. The number of aromatic nitrogens is 3. The van der Waals surface area contributed by atoms with Gasteiger partial charge in [0.2, 0.25) is 11.1 Å². The highest BCUT2D eigenvalue weighted by atomic mass is 32.2. The van der Waals surface area contributed by atoms with Crippen molar-refractivity contribution in [3.8, 4) is 0 Å². The van der Waals surface area contributed by atoms with E-state index in [1.165, 1.54) is 16.7 Å². The van der Waals surface area contributed by atoms with E-state index in [-0.39, 0.29) is 5.91 Å². The Morgan fingerprint density at radius 1 is 1.32 bits per heavy atom. The van der Waals surface area contributed by atoms with Gasteiger partial charge in [-0.1, -0.05) is 30.8 Å². The van der Waals surface area contributed by atoms with E-state index < -0.39 is 0 Å². The van der Waals surface area contributed by atoms with E-state index >= 15 is 0 Å². The van der Waals surface area contributed by atoms with Gasteiger partial charge in [0.25, 0.3) is 0 Å². The van der Waals surface area contributed by atoms with Crippen LogP contribution in [-0.2, 0) is 4.79 Å². The van der Waals surface area contributed by atoms with Gasteiger partial charge in [-0.05, 0) is 31.4 Å². The van der Waals surface area contributed by atoms with Gasteiger partial charge in [0.15, 0.2) is 5.82 Å². The number of nitrogens with zero attached hydrogens (tertiary/aromatic N) is 4. The van der Waals surface area contributed by atoms with Crippen molar-refractivity contribution in [2.24, 2.45) is 0 Å². The molecule has 0 radical (unpaired) electrons. The summed E-state index contributed by atoms with van der Waals surface area (Å²) in [6.45, 7) is 2.95. The fourth-order valence-electron chi connectivity index (χ4n) is 2.96. The van der Waals surface area contributed by atoms with Crippen LogP contribution >= 0.6 is 23.5 Å². The molecule has 8 heteroatoms. The van der Waals surface area contributed by atoms with E-state index in [0.717, 1.165) is 37.3 Å². The Balaban J connectivity index is 1.47. The molecule has 1 atom stereocenters. The largest absolute Gasteiger partial charge is 0.336 e. The molecule has 1 aromatic heterocycles. The number of carbonyl (C=O) groups is 1. The van der Waals surface area contributed by atoms with Gasteiger partial charge in [0.1, 0.15) is 0 Å². The summed E-state index contributed by atoms with van der Waals surface area (Å²) in [6.07, 6.45) is 3.23. The Kier molecular flexibility index (Phi) is 4.64. The molecule has 1 fully saturated rings. The molecular formula is C17H21N5OS2. The van der Waals surface area contributed by atoms with Gasteiger partial charge in [-0.25, -0.2) is 4.68 Å². The smallest absolute Gasteiger partial charge is 0.237 e. The zero-order valence-electron chi connectivity index (χ0n) is 14.1. The van der Waals surface area contributed by atoms with Crippen molar-refractivity contribution in [1.29, 1.82) is 0 Å². The molecule has 2 N–H and O–H groups in total. The Hall–Kier alpha value is -1.67. The summed E-state index contributed by atoms with van der Waals surface area (Å²) in [5, 5.41) is 9.42. The van der Waals surface area contributed by atoms with Crippen molar-refractivity contribution in [2.75, 3.05) is 23.0 Å². The van der Waals surface area contributed by atoms with Crippen LogP contribution in [-0.4, -0.2) is 38.3 Å². The Morgan fingerprint density at radius 3 is 2.92 bits per heavy atom. The monoisotopic (exact) mass is 375 g/mol. The molecule has 1 aliphatic carbocycles. The first-order chi connectivity index (χ1) is 12.1. The molecule has 1 aromatic carbocycles. The molecular weight excluding hydrogens is 354 g/mol. The third-order valence-electron chi connectivity index (χ3n) is 4.50. The van der Waals surface area contributed by atoms with Crippen LogP contribution < -0.4 is 10.7 Å². The molecule has 1 amide bonds. The standard InChI is InChI=1S/C17H21N5OS2/c1-11-8-9-21(13-4-2-3-5-14(13)25-11)15(23)10-24-17-20-19-16(22(17)18)12-6-7-12/h2-5,11-12H,6-10,18H2,1H3/t11-/m0/s1. The zero-order chi connectivity index (χ0) is 17.4. The maximum Gasteiger partial charge on any atom is 0.237 e. The number of hydrogen-bond donors (Lipinski definition) is 1. The predicted octanol–water partition coefficient (Wildman–Crippen LogP) is 2.88. The lowest BCUT2D eigenvalue weighted by Crippen LogP contribution is -2.33. The number of amides is 1. The maximum atomic E-state index is 12.9. The molecule has 1 saturated carbocycles. The average Bonchev–Trinajstić information content (AvgIpc) is 3.39.